The van der Waals surface area contributed by atoms with E-state index in [4.69, 9.17) is 5.73 Å². The molecule has 0 bridgehead atoms. The van der Waals surface area contributed by atoms with E-state index >= 15 is 0 Å². The average molecular weight is 267 g/mol. The molecule has 1 aliphatic carbocycles. The summed E-state index contributed by atoms with van der Waals surface area (Å²) in [7, 11) is 0. The summed E-state index contributed by atoms with van der Waals surface area (Å²) in [6.45, 7) is 6.57. The number of carbonyl (C=O) groups excluding carboxylic acids is 1. The third kappa shape index (κ3) is 3.62. The summed E-state index contributed by atoms with van der Waals surface area (Å²) in [6.07, 6.45) is 8.19. The lowest BCUT2D eigenvalue weighted by molar-refractivity contribution is 0.195. The largest absolute Gasteiger partial charge is 0.336 e. The zero-order valence-corrected chi connectivity index (χ0v) is 12.5. The van der Waals surface area contributed by atoms with Crippen molar-refractivity contribution in [2.45, 2.75) is 64.3 Å². The number of nitrogens with two attached hydrogens (primary N) is 1. The van der Waals surface area contributed by atoms with Crippen molar-refractivity contribution < 1.29 is 4.79 Å². The van der Waals surface area contributed by atoms with E-state index in [0.717, 1.165) is 32.4 Å². The molecule has 4 heteroatoms. The van der Waals surface area contributed by atoms with Crippen molar-refractivity contribution in [2.75, 3.05) is 19.6 Å². The lowest BCUT2D eigenvalue weighted by atomic mass is 9.94. The second-order valence-corrected chi connectivity index (χ2v) is 6.57. The van der Waals surface area contributed by atoms with Gasteiger partial charge in [-0.2, -0.15) is 0 Å². The second kappa shape index (κ2) is 5.70. The van der Waals surface area contributed by atoms with Crippen molar-refractivity contribution >= 4 is 6.03 Å². The number of carbonyl (C=O) groups is 1. The quantitative estimate of drug-likeness (QED) is 0.822. The van der Waals surface area contributed by atoms with Crippen molar-refractivity contribution in [3.8, 4) is 0 Å². The smallest absolute Gasteiger partial charge is 0.317 e. The van der Waals surface area contributed by atoms with E-state index in [1.54, 1.807) is 0 Å². The van der Waals surface area contributed by atoms with E-state index in [1.165, 1.54) is 25.7 Å². The van der Waals surface area contributed by atoms with Crippen LogP contribution in [0.25, 0.3) is 0 Å². The van der Waals surface area contributed by atoms with Crippen molar-refractivity contribution in [1.29, 1.82) is 0 Å². The van der Waals surface area contributed by atoms with Crippen LogP contribution in [0.4, 0.5) is 4.79 Å². The fraction of sp³-hybridized carbons (Fsp3) is 0.933. The van der Waals surface area contributed by atoms with Gasteiger partial charge in [-0.1, -0.05) is 13.8 Å². The van der Waals surface area contributed by atoms with Gasteiger partial charge in [0, 0.05) is 25.2 Å². The van der Waals surface area contributed by atoms with E-state index in [9.17, 15) is 4.79 Å². The molecule has 19 heavy (non-hydrogen) atoms. The van der Waals surface area contributed by atoms with E-state index in [2.05, 4.69) is 19.2 Å². The Balaban J connectivity index is 1.79. The van der Waals surface area contributed by atoms with Crippen LogP contribution in [0.5, 0.6) is 0 Å². The minimum absolute atomic E-state index is 0.0782. The third-order valence-corrected chi connectivity index (χ3v) is 5.29. The van der Waals surface area contributed by atoms with Crippen LogP contribution in [-0.4, -0.2) is 36.1 Å². The fourth-order valence-electron chi connectivity index (χ4n) is 3.00. The molecule has 0 radical (unpaired) electrons. The molecule has 0 aromatic rings. The Morgan fingerprint density at radius 3 is 2.47 bits per heavy atom. The highest BCUT2D eigenvalue weighted by Crippen LogP contribution is 2.53. The molecule has 1 aliphatic heterocycles. The van der Waals surface area contributed by atoms with Crippen molar-refractivity contribution in [3.63, 3.8) is 0 Å². The average Bonchev–Trinajstić information content (AvgIpc) is 3.23. The molecule has 2 rings (SSSR count). The summed E-state index contributed by atoms with van der Waals surface area (Å²) in [5.41, 5.74) is 6.58. The van der Waals surface area contributed by atoms with Crippen LogP contribution in [0.2, 0.25) is 0 Å². The molecule has 1 spiro atoms. The molecule has 2 amide bonds. The maximum absolute atomic E-state index is 12.2. The van der Waals surface area contributed by atoms with Crippen molar-refractivity contribution in [3.05, 3.63) is 0 Å². The first-order chi connectivity index (χ1) is 9.02. The predicted octanol–water partition coefficient (Wildman–Crippen LogP) is 2.48. The van der Waals surface area contributed by atoms with Crippen LogP contribution in [0.1, 0.15) is 58.8 Å². The number of amides is 2. The maximum Gasteiger partial charge on any atom is 0.317 e. The summed E-state index contributed by atoms with van der Waals surface area (Å²) in [5.74, 6) is 0. The Bertz CT molecular complexity index is 321. The lowest BCUT2D eigenvalue weighted by Crippen LogP contribution is -2.52. The summed E-state index contributed by atoms with van der Waals surface area (Å²) in [5, 5.41) is 3.03. The number of nitrogens with zero attached hydrogens (tertiary/aromatic N) is 1. The Hall–Kier alpha value is -0.770. The van der Waals surface area contributed by atoms with Crippen molar-refractivity contribution in [1.82, 2.24) is 10.2 Å². The molecular formula is C15H29N3O. The molecule has 1 saturated carbocycles. The number of likely N-dealkylation sites (tertiary alicyclic amines) is 1. The summed E-state index contributed by atoms with van der Waals surface area (Å²) in [4.78, 5) is 14.2. The van der Waals surface area contributed by atoms with Crippen LogP contribution in [0.3, 0.4) is 0 Å². The minimum atomic E-state index is -0.251. The molecule has 3 N–H and O–H groups in total. The van der Waals surface area contributed by atoms with E-state index < -0.39 is 0 Å². The Kier molecular flexibility index (Phi) is 4.39. The van der Waals surface area contributed by atoms with Gasteiger partial charge in [-0.15, -0.1) is 0 Å². The molecule has 4 nitrogen and oxygen atoms in total. The lowest BCUT2D eigenvalue weighted by Gasteiger charge is -2.29. The molecule has 0 aromatic heterocycles. The van der Waals surface area contributed by atoms with E-state index in [1.807, 2.05) is 4.90 Å². The zero-order valence-electron chi connectivity index (χ0n) is 12.5. The number of hydrogen-bond donors (Lipinski definition) is 2. The predicted molar refractivity (Wildman–Crippen MR) is 78.0 cm³/mol. The molecule has 1 heterocycles. The molecule has 1 saturated heterocycles. The van der Waals surface area contributed by atoms with Gasteiger partial charge in [-0.3, -0.25) is 0 Å². The molecule has 2 fully saturated rings. The van der Waals surface area contributed by atoms with Gasteiger partial charge in [-0.05, 0) is 50.4 Å². The number of urea groups is 1. The topological polar surface area (TPSA) is 58.4 Å². The molecule has 2 aliphatic rings. The zero-order chi connectivity index (χ0) is 13.9. The SMILES string of the molecule is CCC(N)(CC)CNC(=O)N1CCCC2(CC1)CC2. The molecule has 110 valence electrons. The van der Waals surface area contributed by atoms with Crippen LogP contribution in [0, 0.1) is 5.41 Å². The molecule has 0 atom stereocenters. The van der Waals surface area contributed by atoms with Gasteiger partial charge >= 0.3 is 6.03 Å². The summed E-state index contributed by atoms with van der Waals surface area (Å²) < 4.78 is 0. The van der Waals surface area contributed by atoms with Gasteiger partial charge < -0.3 is 16.0 Å². The highest BCUT2D eigenvalue weighted by atomic mass is 16.2. The van der Waals surface area contributed by atoms with Crippen LogP contribution in [-0.2, 0) is 0 Å². The molecule has 0 aromatic carbocycles. The van der Waals surface area contributed by atoms with Crippen LogP contribution < -0.4 is 11.1 Å². The first-order valence-electron chi connectivity index (χ1n) is 7.84. The number of rotatable bonds is 4. The monoisotopic (exact) mass is 267 g/mol. The standard InChI is InChI=1S/C15H29N3O/c1-3-15(16,4-2)12-17-13(19)18-10-5-6-14(7-8-14)9-11-18/h3-12,16H2,1-2H3,(H,17,19). The Labute approximate surface area is 117 Å². The Morgan fingerprint density at radius 2 is 1.89 bits per heavy atom. The number of nitrogens with one attached hydrogen (secondary N) is 1. The normalized spacial score (nSPS) is 22.2. The maximum atomic E-state index is 12.2. The van der Waals surface area contributed by atoms with Crippen molar-refractivity contribution in [2.24, 2.45) is 11.1 Å². The summed E-state index contributed by atoms with van der Waals surface area (Å²) in [6, 6.07) is 0.0782. The second-order valence-electron chi connectivity index (χ2n) is 6.57. The van der Waals surface area contributed by atoms with Gasteiger partial charge in [0.25, 0.3) is 0 Å². The highest BCUT2D eigenvalue weighted by Gasteiger charge is 2.43. The van der Waals surface area contributed by atoms with Crippen LogP contribution >= 0.6 is 0 Å². The van der Waals surface area contributed by atoms with Gasteiger partial charge in [0.2, 0.25) is 0 Å². The van der Waals surface area contributed by atoms with Gasteiger partial charge in [-0.25, -0.2) is 4.79 Å². The number of hydrogen-bond acceptors (Lipinski definition) is 2. The van der Waals surface area contributed by atoms with Gasteiger partial charge in [0.15, 0.2) is 0 Å². The minimum Gasteiger partial charge on any atom is -0.336 e. The highest BCUT2D eigenvalue weighted by molar-refractivity contribution is 5.74. The first-order valence-corrected chi connectivity index (χ1v) is 7.84. The van der Waals surface area contributed by atoms with Gasteiger partial charge in [0.1, 0.15) is 0 Å². The van der Waals surface area contributed by atoms with E-state index in [0.29, 0.717) is 12.0 Å². The molecule has 0 unspecified atom stereocenters. The van der Waals surface area contributed by atoms with Crippen LogP contribution in [0.15, 0.2) is 0 Å². The van der Waals surface area contributed by atoms with Gasteiger partial charge in [0.05, 0.1) is 0 Å². The molecular weight excluding hydrogens is 238 g/mol. The summed E-state index contributed by atoms with van der Waals surface area (Å²) >= 11 is 0. The Morgan fingerprint density at radius 1 is 1.21 bits per heavy atom. The first kappa shape index (κ1) is 14.6. The van der Waals surface area contributed by atoms with E-state index in [-0.39, 0.29) is 11.6 Å². The fourth-order valence-corrected chi connectivity index (χ4v) is 3.00. The third-order valence-electron chi connectivity index (χ3n) is 5.29.